The zero-order valence-corrected chi connectivity index (χ0v) is 15.5. The highest BCUT2D eigenvalue weighted by molar-refractivity contribution is 5.46. The molecule has 0 spiro atoms. The van der Waals surface area contributed by atoms with E-state index in [1.54, 1.807) is 19.2 Å². The van der Waals surface area contributed by atoms with Crippen LogP contribution in [0.1, 0.15) is 30.5 Å². The molecule has 1 saturated heterocycles. The Hall–Kier alpha value is -2.11. The molecule has 1 N–H and O–H groups in total. The van der Waals surface area contributed by atoms with Crippen molar-refractivity contribution in [2.24, 2.45) is 0 Å². The van der Waals surface area contributed by atoms with Gasteiger partial charge < -0.3 is 14.8 Å². The lowest BCUT2D eigenvalue weighted by molar-refractivity contribution is 0.239. The first-order chi connectivity index (χ1) is 12.7. The minimum atomic E-state index is -0.209. The molecule has 0 saturated carbocycles. The zero-order valence-electron chi connectivity index (χ0n) is 15.5. The van der Waals surface area contributed by atoms with Gasteiger partial charge in [0.05, 0.1) is 19.8 Å². The third-order valence-electron chi connectivity index (χ3n) is 4.71. The first-order valence-electron chi connectivity index (χ1n) is 9.24. The third kappa shape index (κ3) is 4.34. The van der Waals surface area contributed by atoms with Gasteiger partial charge >= 0.3 is 0 Å². The molecule has 1 atom stereocenters. The summed E-state index contributed by atoms with van der Waals surface area (Å²) in [5.74, 6) is 1.23. The van der Waals surface area contributed by atoms with Crippen LogP contribution in [0.4, 0.5) is 4.39 Å². The highest BCUT2D eigenvalue weighted by Gasteiger charge is 2.24. The van der Waals surface area contributed by atoms with Crippen LogP contribution < -0.4 is 14.8 Å². The normalized spacial score (nSPS) is 16.7. The average Bonchev–Trinajstić information content (AvgIpc) is 2.92. The van der Waals surface area contributed by atoms with Crippen molar-refractivity contribution in [2.45, 2.75) is 19.4 Å². The van der Waals surface area contributed by atoms with Crippen molar-refractivity contribution >= 4 is 0 Å². The van der Waals surface area contributed by atoms with Gasteiger partial charge in [-0.2, -0.15) is 0 Å². The number of halogens is 1. The van der Waals surface area contributed by atoms with Crippen LogP contribution in [0.15, 0.2) is 42.5 Å². The fourth-order valence-corrected chi connectivity index (χ4v) is 3.55. The van der Waals surface area contributed by atoms with Crippen LogP contribution in [0.5, 0.6) is 11.5 Å². The number of nitrogens with one attached hydrogen (secondary N) is 1. The summed E-state index contributed by atoms with van der Waals surface area (Å²) in [6.45, 7) is 6.34. The van der Waals surface area contributed by atoms with Gasteiger partial charge in [-0.1, -0.05) is 18.2 Å². The summed E-state index contributed by atoms with van der Waals surface area (Å²) in [7, 11) is 1.64. The fraction of sp³-hybridized carbons (Fsp3) is 0.429. The van der Waals surface area contributed by atoms with E-state index in [9.17, 15) is 4.39 Å². The summed E-state index contributed by atoms with van der Waals surface area (Å²) in [4.78, 5) is 2.41. The van der Waals surface area contributed by atoms with Gasteiger partial charge in [0.2, 0.25) is 0 Å². The van der Waals surface area contributed by atoms with Crippen LogP contribution in [0, 0.1) is 5.82 Å². The van der Waals surface area contributed by atoms with Gasteiger partial charge in [-0.05, 0) is 55.3 Å². The van der Waals surface area contributed by atoms with E-state index in [0.717, 1.165) is 49.5 Å². The molecule has 0 radical (unpaired) electrons. The second kappa shape index (κ2) is 9.01. The second-order valence-corrected chi connectivity index (χ2v) is 6.44. The lowest BCUT2D eigenvalue weighted by Gasteiger charge is -2.31. The average molecular weight is 358 g/mol. The molecule has 1 fully saturated rings. The van der Waals surface area contributed by atoms with Gasteiger partial charge in [-0.3, -0.25) is 4.90 Å². The molecule has 2 aromatic carbocycles. The molecule has 0 aliphatic carbocycles. The van der Waals surface area contributed by atoms with Crippen molar-refractivity contribution in [3.8, 4) is 11.5 Å². The van der Waals surface area contributed by atoms with Crippen LogP contribution in [0.25, 0.3) is 0 Å². The predicted molar refractivity (Wildman–Crippen MR) is 101 cm³/mol. The molecular formula is C21H27FN2O2. The number of hydrogen-bond acceptors (Lipinski definition) is 4. The maximum atomic E-state index is 13.9. The molecule has 3 rings (SSSR count). The molecular weight excluding hydrogens is 331 g/mol. The highest BCUT2D eigenvalue weighted by Crippen LogP contribution is 2.35. The van der Waals surface area contributed by atoms with E-state index in [0.29, 0.717) is 12.4 Å². The van der Waals surface area contributed by atoms with Crippen molar-refractivity contribution in [3.05, 3.63) is 59.4 Å². The van der Waals surface area contributed by atoms with Gasteiger partial charge in [0.1, 0.15) is 5.82 Å². The monoisotopic (exact) mass is 358 g/mol. The van der Waals surface area contributed by atoms with Crippen LogP contribution in [-0.4, -0.2) is 44.8 Å². The molecule has 1 aliphatic rings. The minimum Gasteiger partial charge on any atom is -0.493 e. The second-order valence-electron chi connectivity index (χ2n) is 6.44. The maximum absolute atomic E-state index is 13.9. The van der Waals surface area contributed by atoms with E-state index in [1.807, 2.05) is 25.1 Å². The SMILES string of the molecule is CCOc1cc(C(c2cccc(F)c2)N2CCCNCC2)ccc1OC. The van der Waals surface area contributed by atoms with Crippen molar-refractivity contribution < 1.29 is 13.9 Å². The number of rotatable bonds is 6. The van der Waals surface area contributed by atoms with Crippen molar-refractivity contribution in [1.82, 2.24) is 10.2 Å². The number of benzene rings is 2. The third-order valence-corrected chi connectivity index (χ3v) is 4.71. The molecule has 0 aromatic heterocycles. The number of ether oxygens (including phenoxy) is 2. The maximum Gasteiger partial charge on any atom is 0.161 e. The summed E-state index contributed by atoms with van der Waals surface area (Å²) in [6.07, 6.45) is 1.07. The summed E-state index contributed by atoms with van der Waals surface area (Å²) in [5, 5.41) is 3.44. The van der Waals surface area contributed by atoms with Crippen LogP contribution in [-0.2, 0) is 0 Å². The molecule has 5 heteroatoms. The summed E-state index contributed by atoms with van der Waals surface area (Å²) in [5.41, 5.74) is 2.04. The van der Waals surface area contributed by atoms with E-state index in [2.05, 4.69) is 16.3 Å². The van der Waals surface area contributed by atoms with Gasteiger partial charge in [-0.15, -0.1) is 0 Å². The Morgan fingerprint density at radius 2 is 1.92 bits per heavy atom. The topological polar surface area (TPSA) is 33.7 Å². The van der Waals surface area contributed by atoms with Crippen molar-refractivity contribution in [2.75, 3.05) is 39.9 Å². The smallest absolute Gasteiger partial charge is 0.161 e. The summed E-state index contributed by atoms with van der Waals surface area (Å²) < 4.78 is 25.1. The van der Waals surface area contributed by atoms with Crippen LogP contribution >= 0.6 is 0 Å². The Morgan fingerprint density at radius 3 is 2.69 bits per heavy atom. The first kappa shape index (κ1) is 18.7. The lowest BCUT2D eigenvalue weighted by Crippen LogP contribution is -2.33. The van der Waals surface area contributed by atoms with Gasteiger partial charge in [0, 0.05) is 19.6 Å². The molecule has 1 aliphatic heterocycles. The first-order valence-corrected chi connectivity index (χ1v) is 9.24. The van der Waals surface area contributed by atoms with Gasteiger partial charge in [0.25, 0.3) is 0 Å². The molecule has 26 heavy (non-hydrogen) atoms. The van der Waals surface area contributed by atoms with Crippen LogP contribution in [0.3, 0.4) is 0 Å². The Morgan fingerprint density at radius 1 is 1.08 bits per heavy atom. The Bertz CT molecular complexity index is 715. The van der Waals surface area contributed by atoms with E-state index in [1.165, 1.54) is 6.07 Å². The van der Waals surface area contributed by atoms with E-state index in [4.69, 9.17) is 9.47 Å². The van der Waals surface area contributed by atoms with Gasteiger partial charge in [-0.25, -0.2) is 4.39 Å². The Balaban J connectivity index is 2.03. The largest absolute Gasteiger partial charge is 0.493 e. The molecule has 4 nitrogen and oxygen atoms in total. The van der Waals surface area contributed by atoms with Gasteiger partial charge in [0.15, 0.2) is 11.5 Å². The van der Waals surface area contributed by atoms with Crippen molar-refractivity contribution in [1.29, 1.82) is 0 Å². The lowest BCUT2D eigenvalue weighted by atomic mass is 9.96. The number of nitrogens with zero attached hydrogens (tertiary/aromatic N) is 1. The molecule has 1 unspecified atom stereocenters. The standard InChI is InChI=1S/C21H27FN2O2/c1-3-26-20-15-17(8-9-19(20)25-2)21(16-6-4-7-18(22)14-16)24-12-5-10-23-11-13-24/h4,6-9,14-15,21,23H,3,5,10-13H2,1-2H3. The highest BCUT2D eigenvalue weighted by atomic mass is 19.1. The van der Waals surface area contributed by atoms with E-state index >= 15 is 0 Å². The molecule has 0 amide bonds. The fourth-order valence-electron chi connectivity index (χ4n) is 3.55. The zero-order chi connectivity index (χ0) is 18.4. The van der Waals surface area contributed by atoms with Crippen molar-refractivity contribution in [3.63, 3.8) is 0 Å². The van der Waals surface area contributed by atoms with E-state index < -0.39 is 0 Å². The predicted octanol–water partition coefficient (Wildman–Crippen LogP) is 3.62. The molecule has 2 aromatic rings. The molecule has 1 heterocycles. The van der Waals surface area contributed by atoms with Crippen LogP contribution in [0.2, 0.25) is 0 Å². The number of hydrogen-bond donors (Lipinski definition) is 1. The number of methoxy groups -OCH3 is 1. The quantitative estimate of drug-likeness (QED) is 0.855. The molecule has 140 valence electrons. The molecule has 0 bridgehead atoms. The minimum absolute atomic E-state index is 0.0179. The summed E-state index contributed by atoms with van der Waals surface area (Å²) in [6, 6.07) is 12.9. The van der Waals surface area contributed by atoms with E-state index in [-0.39, 0.29) is 11.9 Å². The summed E-state index contributed by atoms with van der Waals surface area (Å²) >= 11 is 0. The Kier molecular flexibility index (Phi) is 6.47. The Labute approximate surface area is 154 Å².